The third-order valence-corrected chi connectivity index (χ3v) is 2.13. The van der Waals surface area contributed by atoms with Crippen molar-refractivity contribution in [3.63, 3.8) is 0 Å². The number of carbonyl (C=O) groups is 2. The standard InChI is InChI=1S/C11H11N3O3/c1-14(6-2-4-12)10(15)8-3-5-13-9(7-8)11(16)17/h3,5,7H,2,6H2,1H3,(H,16,17). The van der Waals surface area contributed by atoms with Crippen LogP contribution in [0.1, 0.15) is 27.3 Å². The first kappa shape index (κ1) is 12.6. The Labute approximate surface area is 98.1 Å². The predicted octanol–water partition coefficient (Wildman–Crippen LogP) is 0.765. The number of aromatic carboxylic acids is 1. The molecule has 0 saturated heterocycles. The average molecular weight is 233 g/mol. The smallest absolute Gasteiger partial charge is 0.354 e. The van der Waals surface area contributed by atoms with Gasteiger partial charge in [-0.3, -0.25) is 4.79 Å². The lowest BCUT2D eigenvalue weighted by Gasteiger charge is -2.15. The van der Waals surface area contributed by atoms with Gasteiger partial charge in [-0.2, -0.15) is 5.26 Å². The summed E-state index contributed by atoms with van der Waals surface area (Å²) in [6.07, 6.45) is 1.51. The molecule has 0 aliphatic carbocycles. The maximum Gasteiger partial charge on any atom is 0.354 e. The van der Waals surface area contributed by atoms with Crippen molar-refractivity contribution < 1.29 is 14.7 Å². The average Bonchev–Trinajstić information content (AvgIpc) is 2.35. The number of nitrogens with zero attached hydrogens (tertiary/aromatic N) is 3. The Kier molecular flexibility index (Phi) is 4.17. The van der Waals surface area contributed by atoms with Crippen LogP contribution < -0.4 is 0 Å². The highest BCUT2D eigenvalue weighted by atomic mass is 16.4. The van der Waals surface area contributed by atoms with Crippen molar-refractivity contribution in [1.29, 1.82) is 5.26 Å². The van der Waals surface area contributed by atoms with E-state index in [0.717, 1.165) is 0 Å². The summed E-state index contributed by atoms with van der Waals surface area (Å²) < 4.78 is 0. The number of aromatic nitrogens is 1. The van der Waals surface area contributed by atoms with Gasteiger partial charge in [0.1, 0.15) is 5.69 Å². The zero-order valence-corrected chi connectivity index (χ0v) is 9.25. The zero-order valence-electron chi connectivity index (χ0n) is 9.25. The summed E-state index contributed by atoms with van der Waals surface area (Å²) in [5.74, 6) is -1.51. The Bertz CT molecular complexity index is 479. The number of hydrogen-bond donors (Lipinski definition) is 1. The van der Waals surface area contributed by atoms with Crippen LogP contribution in [0.4, 0.5) is 0 Å². The number of carboxylic acids is 1. The van der Waals surface area contributed by atoms with Crippen LogP contribution in [0.3, 0.4) is 0 Å². The van der Waals surface area contributed by atoms with Gasteiger partial charge < -0.3 is 10.0 Å². The van der Waals surface area contributed by atoms with Crippen LogP contribution in [0.15, 0.2) is 18.3 Å². The van der Waals surface area contributed by atoms with Gasteiger partial charge in [-0.05, 0) is 12.1 Å². The number of rotatable bonds is 4. The Morgan fingerprint density at radius 2 is 2.29 bits per heavy atom. The lowest BCUT2D eigenvalue weighted by Crippen LogP contribution is -2.27. The molecule has 6 heteroatoms. The van der Waals surface area contributed by atoms with Gasteiger partial charge in [0.2, 0.25) is 0 Å². The second kappa shape index (κ2) is 5.61. The Morgan fingerprint density at radius 1 is 1.59 bits per heavy atom. The van der Waals surface area contributed by atoms with E-state index in [9.17, 15) is 9.59 Å². The summed E-state index contributed by atoms with van der Waals surface area (Å²) in [5.41, 5.74) is 0.0716. The van der Waals surface area contributed by atoms with Crippen molar-refractivity contribution >= 4 is 11.9 Å². The minimum atomic E-state index is -1.18. The molecular weight excluding hydrogens is 222 g/mol. The minimum Gasteiger partial charge on any atom is -0.477 e. The van der Waals surface area contributed by atoms with Gasteiger partial charge in [0.05, 0.1) is 12.5 Å². The molecular formula is C11H11N3O3. The number of nitriles is 1. The van der Waals surface area contributed by atoms with Crippen molar-refractivity contribution in [2.75, 3.05) is 13.6 Å². The molecule has 0 unspecified atom stereocenters. The summed E-state index contributed by atoms with van der Waals surface area (Å²) in [5, 5.41) is 17.1. The summed E-state index contributed by atoms with van der Waals surface area (Å²) >= 11 is 0. The molecule has 0 aliphatic rings. The molecule has 0 radical (unpaired) electrons. The molecule has 1 rings (SSSR count). The number of hydrogen-bond acceptors (Lipinski definition) is 4. The zero-order chi connectivity index (χ0) is 12.8. The van der Waals surface area contributed by atoms with Gasteiger partial charge in [0.15, 0.2) is 0 Å². The molecule has 6 nitrogen and oxygen atoms in total. The molecule has 0 atom stereocenters. The van der Waals surface area contributed by atoms with Crippen molar-refractivity contribution in [1.82, 2.24) is 9.88 Å². The predicted molar refractivity (Wildman–Crippen MR) is 58.4 cm³/mol. The molecule has 0 aromatic carbocycles. The highest BCUT2D eigenvalue weighted by Gasteiger charge is 2.14. The normalized spacial score (nSPS) is 9.41. The third-order valence-electron chi connectivity index (χ3n) is 2.13. The van der Waals surface area contributed by atoms with E-state index in [-0.39, 0.29) is 23.6 Å². The molecule has 17 heavy (non-hydrogen) atoms. The van der Waals surface area contributed by atoms with Crippen LogP contribution in [-0.4, -0.2) is 40.5 Å². The second-order valence-corrected chi connectivity index (χ2v) is 3.37. The van der Waals surface area contributed by atoms with Gasteiger partial charge in [-0.15, -0.1) is 0 Å². The van der Waals surface area contributed by atoms with Gasteiger partial charge in [-0.25, -0.2) is 9.78 Å². The minimum absolute atomic E-state index is 0.176. The molecule has 0 saturated carbocycles. The van der Waals surface area contributed by atoms with Crippen molar-refractivity contribution in [3.05, 3.63) is 29.6 Å². The number of amides is 1. The first-order valence-corrected chi connectivity index (χ1v) is 4.88. The Balaban J connectivity index is 2.85. The highest BCUT2D eigenvalue weighted by molar-refractivity contribution is 5.96. The Hall–Kier alpha value is -2.42. The van der Waals surface area contributed by atoms with E-state index in [4.69, 9.17) is 10.4 Å². The highest BCUT2D eigenvalue weighted by Crippen LogP contribution is 2.05. The van der Waals surface area contributed by atoms with E-state index in [1.807, 2.05) is 6.07 Å². The molecule has 1 heterocycles. The van der Waals surface area contributed by atoms with Crippen LogP contribution in [0.25, 0.3) is 0 Å². The fourth-order valence-electron chi connectivity index (χ4n) is 1.22. The van der Waals surface area contributed by atoms with E-state index < -0.39 is 5.97 Å². The quantitative estimate of drug-likeness (QED) is 0.828. The van der Waals surface area contributed by atoms with Gasteiger partial charge in [-0.1, -0.05) is 0 Å². The van der Waals surface area contributed by atoms with Gasteiger partial charge in [0.25, 0.3) is 5.91 Å². The van der Waals surface area contributed by atoms with E-state index in [2.05, 4.69) is 4.98 Å². The number of pyridine rings is 1. The van der Waals surface area contributed by atoms with E-state index >= 15 is 0 Å². The number of carboxylic acid groups (broad SMARTS) is 1. The maximum atomic E-state index is 11.8. The topological polar surface area (TPSA) is 94.3 Å². The lowest BCUT2D eigenvalue weighted by atomic mass is 10.2. The van der Waals surface area contributed by atoms with Gasteiger partial charge in [0, 0.05) is 25.4 Å². The summed E-state index contributed by atoms with van der Waals surface area (Å²) in [6, 6.07) is 4.59. The lowest BCUT2D eigenvalue weighted by molar-refractivity contribution is 0.0690. The fraction of sp³-hybridized carbons (Fsp3) is 0.273. The monoisotopic (exact) mass is 233 g/mol. The second-order valence-electron chi connectivity index (χ2n) is 3.37. The van der Waals surface area contributed by atoms with Crippen LogP contribution in [0, 0.1) is 11.3 Å². The molecule has 0 aliphatic heterocycles. The fourth-order valence-corrected chi connectivity index (χ4v) is 1.22. The molecule has 1 amide bonds. The van der Waals surface area contributed by atoms with Crippen molar-refractivity contribution in [2.24, 2.45) is 0 Å². The summed E-state index contributed by atoms with van der Waals surface area (Å²) in [6.45, 7) is 0.306. The molecule has 88 valence electrons. The van der Waals surface area contributed by atoms with Gasteiger partial charge >= 0.3 is 5.97 Å². The van der Waals surface area contributed by atoms with Crippen LogP contribution >= 0.6 is 0 Å². The van der Waals surface area contributed by atoms with Crippen LogP contribution in [0.2, 0.25) is 0 Å². The molecule has 1 N–H and O–H groups in total. The largest absolute Gasteiger partial charge is 0.477 e. The summed E-state index contributed by atoms with van der Waals surface area (Å²) in [7, 11) is 1.56. The molecule has 0 bridgehead atoms. The molecule has 1 aromatic rings. The van der Waals surface area contributed by atoms with Crippen molar-refractivity contribution in [2.45, 2.75) is 6.42 Å². The van der Waals surface area contributed by atoms with Crippen LogP contribution in [-0.2, 0) is 0 Å². The first-order valence-electron chi connectivity index (χ1n) is 4.88. The third kappa shape index (κ3) is 3.28. The molecule has 0 spiro atoms. The SMILES string of the molecule is CN(CCC#N)C(=O)c1ccnc(C(=O)O)c1. The van der Waals surface area contributed by atoms with E-state index in [0.29, 0.717) is 6.54 Å². The Morgan fingerprint density at radius 3 is 2.88 bits per heavy atom. The summed E-state index contributed by atoms with van der Waals surface area (Å²) in [4.78, 5) is 27.5. The number of carbonyl (C=O) groups excluding carboxylic acids is 1. The first-order chi connectivity index (χ1) is 8.06. The van der Waals surface area contributed by atoms with E-state index in [1.54, 1.807) is 7.05 Å². The van der Waals surface area contributed by atoms with E-state index in [1.165, 1.54) is 23.2 Å². The van der Waals surface area contributed by atoms with Crippen LogP contribution in [0.5, 0.6) is 0 Å². The molecule has 1 aromatic heterocycles. The van der Waals surface area contributed by atoms with Crippen molar-refractivity contribution in [3.8, 4) is 6.07 Å². The maximum absolute atomic E-state index is 11.8. The molecule has 0 fully saturated rings.